The molecule has 1 aromatic carbocycles. The van der Waals surface area contributed by atoms with Gasteiger partial charge in [-0.15, -0.1) is 11.3 Å². The third kappa shape index (κ3) is 3.30. The van der Waals surface area contributed by atoms with E-state index < -0.39 is 0 Å². The fourth-order valence-corrected chi connectivity index (χ4v) is 2.76. The van der Waals surface area contributed by atoms with Crippen LogP contribution in [-0.4, -0.2) is 0 Å². The Hall–Kier alpha value is -0.380. The monoisotopic (exact) mass is 342 g/mol. The van der Waals surface area contributed by atoms with E-state index in [-0.39, 0.29) is 0 Å². The zero-order valence-corrected chi connectivity index (χ0v) is 11.8. The van der Waals surface area contributed by atoms with Gasteiger partial charge >= 0.3 is 0 Å². The third-order valence-electron chi connectivity index (χ3n) is 1.90. The van der Waals surface area contributed by atoms with Crippen LogP contribution in [0.25, 0.3) is 12.2 Å². The lowest BCUT2D eigenvalue weighted by atomic mass is 10.2. The van der Waals surface area contributed by atoms with Crippen molar-refractivity contribution in [2.75, 3.05) is 0 Å². The number of halogens is 2. The first-order valence-corrected chi connectivity index (χ1v) is 6.83. The largest absolute Gasteiger partial charge is 0.129 e. The molecule has 0 N–H and O–H groups in total. The van der Waals surface area contributed by atoms with Crippen molar-refractivity contribution in [1.82, 2.24) is 0 Å². The van der Waals surface area contributed by atoms with Crippen LogP contribution in [0.4, 0.5) is 0 Å². The summed E-state index contributed by atoms with van der Waals surface area (Å²) in [7, 11) is 0. The Labute approximate surface area is 110 Å². The molecule has 0 atom stereocenters. The molecule has 0 aliphatic rings. The highest BCUT2D eigenvalue weighted by molar-refractivity contribution is 9.11. The van der Waals surface area contributed by atoms with Crippen LogP contribution in [0.2, 0.25) is 0 Å². The van der Waals surface area contributed by atoms with E-state index in [2.05, 4.69) is 68.3 Å². The van der Waals surface area contributed by atoms with Gasteiger partial charge in [-0.1, -0.05) is 34.1 Å². The first-order valence-electron chi connectivity index (χ1n) is 4.43. The van der Waals surface area contributed by atoms with Crippen molar-refractivity contribution in [2.24, 2.45) is 0 Å². The summed E-state index contributed by atoms with van der Waals surface area (Å²) in [6.07, 6.45) is 4.24. The fourth-order valence-electron chi connectivity index (χ4n) is 1.17. The second-order valence-electron chi connectivity index (χ2n) is 3.03. The Bertz CT molecular complexity index is 469. The van der Waals surface area contributed by atoms with E-state index in [1.165, 1.54) is 10.4 Å². The molecule has 76 valence electrons. The van der Waals surface area contributed by atoms with Gasteiger partial charge in [0.15, 0.2) is 0 Å². The molecule has 0 nitrogen and oxygen atoms in total. The zero-order chi connectivity index (χ0) is 10.7. The molecule has 0 bridgehead atoms. The highest BCUT2D eigenvalue weighted by Gasteiger charge is 1.92. The van der Waals surface area contributed by atoms with Crippen LogP contribution in [0.1, 0.15) is 10.4 Å². The molecule has 0 saturated heterocycles. The average molecular weight is 344 g/mol. The molecule has 0 unspecified atom stereocenters. The van der Waals surface area contributed by atoms with Crippen molar-refractivity contribution in [3.63, 3.8) is 0 Å². The summed E-state index contributed by atoms with van der Waals surface area (Å²) in [4.78, 5) is 1.25. The predicted molar refractivity (Wildman–Crippen MR) is 75.1 cm³/mol. The molecular formula is C12H8Br2S. The van der Waals surface area contributed by atoms with Crippen LogP contribution in [0.5, 0.6) is 0 Å². The van der Waals surface area contributed by atoms with Crippen molar-refractivity contribution in [1.29, 1.82) is 0 Å². The second-order valence-corrected chi connectivity index (χ2v) is 6.44. The maximum absolute atomic E-state index is 3.45. The minimum Gasteiger partial charge on any atom is -0.129 e. The summed E-state index contributed by atoms with van der Waals surface area (Å²) in [6.45, 7) is 0. The Balaban J connectivity index is 2.14. The number of hydrogen-bond acceptors (Lipinski definition) is 1. The predicted octanol–water partition coefficient (Wildman–Crippen LogP) is 5.44. The quantitative estimate of drug-likeness (QED) is 0.680. The Kier molecular flexibility index (Phi) is 3.78. The summed E-state index contributed by atoms with van der Waals surface area (Å²) in [5, 5.41) is 0. The van der Waals surface area contributed by atoms with E-state index in [1.807, 2.05) is 12.1 Å². The first-order chi connectivity index (χ1) is 7.24. The van der Waals surface area contributed by atoms with Gasteiger partial charge in [-0.3, -0.25) is 0 Å². The van der Waals surface area contributed by atoms with Crippen molar-refractivity contribution in [2.45, 2.75) is 0 Å². The third-order valence-corrected chi connectivity index (χ3v) is 4.02. The number of thiophene rings is 1. The standard InChI is InChI=1S/C12H8Br2S/c13-10-4-1-9(2-5-10)3-6-11-7-8-12(14)15-11/h1-8H. The van der Waals surface area contributed by atoms with Gasteiger partial charge in [-0.05, 0) is 51.8 Å². The maximum Gasteiger partial charge on any atom is 0.0704 e. The Morgan fingerprint density at radius 3 is 2.20 bits per heavy atom. The van der Waals surface area contributed by atoms with Crippen LogP contribution in [0, 0.1) is 0 Å². The SMILES string of the molecule is Brc1ccc(C=Cc2ccc(Br)s2)cc1. The number of benzene rings is 1. The Morgan fingerprint density at radius 1 is 0.867 bits per heavy atom. The molecule has 3 heteroatoms. The minimum absolute atomic E-state index is 1.11. The van der Waals surface area contributed by atoms with Crippen LogP contribution in [-0.2, 0) is 0 Å². The number of hydrogen-bond donors (Lipinski definition) is 0. The van der Waals surface area contributed by atoms with E-state index in [0.717, 1.165) is 8.26 Å². The summed E-state index contributed by atoms with van der Waals surface area (Å²) >= 11 is 8.59. The van der Waals surface area contributed by atoms with Gasteiger partial charge in [0.25, 0.3) is 0 Å². The first kappa shape index (κ1) is 11.1. The lowest BCUT2D eigenvalue weighted by molar-refractivity contribution is 1.62. The van der Waals surface area contributed by atoms with Crippen LogP contribution in [0.3, 0.4) is 0 Å². The van der Waals surface area contributed by atoms with Gasteiger partial charge in [-0.2, -0.15) is 0 Å². The van der Waals surface area contributed by atoms with Crippen molar-refractivity contribution >= 4 is 55.3 Å². The molecule has 15 heavy (non-hydrogen) atoms. The zero-order valence-electron chi connectivity index (χ0n) is 7.78. The summed E-state index contributed by atoms with van der Waals surface area (Å²) < 4.78 is 2.27. The molecule has 2 aromatic rings. The molecule has 0 spiro atoms. The smallest absolute Gasteiger partial charge is 0.0704 e. The van der Waals surface area contributed by atoms with Crippen molar-refractivity contribution < 1.29 is 0 Å². The molecule has 0 aliphatic heterocycles. The highest BCUT2D eigenvalue weighted by Crippen LogP contribution is 2.23. The van der Waals surface area contributed by atoms with E-state index >= 15 is 0 Å². The molecule has 1 aromatic heterocycles. The lowest BCUT2D eigenvalue weighted by Crippen LogP contribution is -1.69. The summed E-state index contributed by atoms with van der Waals surface area (Å²) in [5.41, 5.74) is 1.21. The van der Waals surface area contributed by atoms with Crippen LogP contribution in [0.15, 0.2) is 44.7 Å². The molecule has 1 heterocycles. The van der Waals surface area contributed by atoms with Gasteiger partial charge in [0.2, 0.25) is 0 Å². The van der Waals surface area contributed by atoms with Gasteiger partial charge < -0.3 is 0 Å². The van der Waals surface area contributed by atoms with Crippen molar-refractivity contribution in [3.05, 3.63) is 55.1 Å². The normalized spacial score (nSPS) is 11.1. The lowest BCUT2D eigenvalue weighted by Gasteiger charge is -1.92. The Morgan fingerprint density at radius 2 is 1.60 bits per heavy atom. The molecule has 2 rings (SSSR count). The van der Waals surface area contributed by atoms with E-state index in [0.29, 0.717) is 0 Å². The molecular weight excluding hydrogens is 336 g/mol. The summed E-state index contributed by atoms with van der Waals surface area (Å²) in [5.74, 6) is 0. The van der Waals surface area contributed by atoms with Gasteiger partial charge in [0.05, 0.1) is 3.79 Å². The molecule has 0 aliphatic carbocycles. The molecule has 0 fully saturated rings. The van der Waals surface area contributed by atoms with Gasteiger partial charge in [-0.25, -0.2) is 0 Å². The minimum atomic E-state index is 1.11. The molecule has 0 saturated carbocycles. The second kappa shape index (κ2) is 5.10. The number of rotatable bonds is 2. The fraction of sp³-hybridized carbons (Fsp3) is 0. The van der Waals surface area contributed by atoms with E-state index in [9.17, 15) is 0 Å². The maximum atomic E-state index is 3.45. The molecule has 0 amide bonds. The van der Waals surface area contributed by atoms with Gasteiger partial charge in [0, 0.05) is 9.35 Å². The molecule has 0 radical (unpaired) electrons. The van der Waals surface area contributed by atoms with Crippen LogP contribution >= 0.6 is 43.2 Å². The average Bonchev–Trinajstić information content (AvgIpc) is 2.64. The highest BCUT2D eigenvalue weighted by atomic mass is 79.9. The van der Waals surface area contributed by atoms with Crippen molar-refractivity contribution in [3.8, 4) is 0 Å². The summed E-state index contributed by atoms with van der Waals surface area (Å²) in [6, 6.07) is 12.4. The topological polar surface area (TPSA) is 0 Å². The van der Waals surface area contributed by atoms with E-state index in [4.69, 9.17) is 0 Å². The van der Waals surface area contributed by atoms with E-state index in [1.54, 1.807) is 11.3 Å². The van der Waals surface area contributed by atoms with Crippen LogP contribution < -0.4 is 0 Å². The van der Waals surface area contributed by atoms with Gasteiger partial charge in [0.1, 0.15) is 0 Å².